The van der Waals surface area contributed by atoms with Gasteiger partial charge in [-0.2, -0.15) is 0 Å². The Morgan fingerprint density at radius 1 is 1.04 bits per heavy atom. The molecule has 0 saturated heterocycles. The molecule has 2 N–H and O–H groups in total. The number of pyridine rings is 1. The molecule has 3 aromatic rings. The first-order chi connectivity index (χ1) is 12.3. The Balaban J connectivity index is 1.63. The highest BCUT2D eigenvalue weighted by Gasteiger charge is 2.19. The Bertz CT molecular complexity index is 1070. The number of H-pyrrole nitrogens is 1. The summed E-state index contributed by atoms with van der Waals surface area (Å²) in [6.07, 6.45) is 12.8. The van der Waals surface area contributed by atoms with E-state index >= 15 is 0 Å². The Morgan fingerprint density at radius 2 is 2.00 bits per heavy atom. The molecule has 4 nitrogen and oxygen atoms in total. The van der Waals surface area contributed by atoms with E-state index in [9.17, 15) is 4.79 Å². The van der Waals surface area contributed by atoms with Gasteiger partial charge >= 0.3 is 0 Å². The van der Waals surface area contributed by atoms with E-state index < -0.39 is 0 Å². The van der Waals surface area contributed by atoms with Crippen molar-refractivity contribution in [3.05, 3.63) is 71.6 Å². The monoisotopic (exact) mass is 327 g/mol. The molecule has 2 aliphatic rings. The van der Waals surface area contributed by atoms with E-state index in [1.165, 1.54) is 5.57 Å². The number of allylic oxidation sites excluding steroid dienone is 4. The summed E-state index contributed by atoms with van der Waals surface area (Å²) in [7, 11) is 0. The third-order valence-electron chi connectivity index (χ3n) is 4.96. The van der Waals surface area contributed by atoms with Crippen LogP contribution in [0.1, 0.15) is 34.3 Å². The molecule has 25 heavy (non-hydrogen) atoms. The summed E-state index contributed by atoms with van der Waals surface area (Å²) in [5.74, 6) is 0.0143. The van der Waals surface area contributed by atoms with Gasteiger partial charge in [-0.05, 0) is 47.7 Å². The smallest absolute Gasteiger partial charge is 0.251 e. The number of aromatic nitrogens is 2. The highest BCUT2D eigenvalue weighted by molar-refractivity contribution is 6.00. The molecule has 3 heterocycles. The molecule has 5 rings (SSSR count). The number of carbonyl (C=O) groups is 1. The molecule has 0 spiro atoms. The van der Waals surface area contributed by atoms with Crippen molar-refractivity contribution in [1.82, 2.24) is 15.3 Å². The van der Waals surface area contributed by atoms with Crippen LogP contribution in [-0.2, 0) is 6.54 Å². The maximum atomic E-state index is 11.8. The lowest BCUT2D eigenvalue weighted by Gasteiger charge is -2.08. The molecule has 1 aromatic carbocycles. The van der Waals surface area contributed by atoms with Crippen LogP contribution in [0.15, 0.2) is 54.9 Å². The number of hydrogen-bond donors (Lipinski definition) is 2. The second-order valence-electron chi connectivity index (χ2n) is 6.52. The summed E-state index contributed by atoms with van der Waals surface area (Å²) in [6.45, 7) is 0.603. The predicted octanol–water partition coefficient (Wildman–Crippen LogP) is 4.21. The van der Waals surface area contributed by atoms with Crippen molar-refractivity contribution in [3.63, 3.8) is 0 Å². The Kier molecular flexibility index (Phi) is 3.10. The topological polar surface area (TPSA) is 57.8 Å². The van der Waals surface area contributed by atoms with Crippen molar-refractivity contribution in [1.29, 1.82) is 0 Å². The lowest BCUT2D eigenvalue weighted by Crippen LogP contribution is -2.12. The van der Waals surface area contributed by atoms with Crippen LogP contribution in [0.4, 0.5) is 0 Å². The first-order valence-corrected chi connectivity index (χ1v) is 8.55. The average Bonchev–Trinajstić information content (AvgIpc) is 3.25. The van der Waals surface area contributed by atoms with Gasteiger partial charge in [-0.15, -0.1) is 0 Å². The average molecular weight is 327 g/mol. The minimum Gasteiger partial charge on any atom is -0.348 e. The molecule has 4 heteroatoms. The maximum absolute atomic E-state index is 11.8. The number of hydrogen-bond acceptors (Lipinski definition) is 2. The summed E-state index contributed by atoms with van der Waals surface area (Å²) >= 11 is 0. The highest BCUT2D eigenvalue weighted by Crippen LogP contribution is 2.32. The predicted molar refractivity (Wildman–Crippen MR) is 99.1 cm³/mol. The molecule has 0 atom stereocenters. The Labute approximate surface area is 145 Å². The van der Waals surface area contributed by atoms with E-state index in [1.807, 2.05) is 24.5 Å². The second kappa shape index (κ2) is 5.45. The van der Waals surface area contributed by atoms with Gasteiger partial charge < -0.3 is 10.3 Å². The molecule has 0 fully saturated rings. The van der Waals surface area contributed by atoms with E-state index in [0.29, 0.717) is 6.54 Å². The minimum atomic E-state index is 0.0143. The lowest BCUT2D eigenvalue weighted by molar-refractivity contribution is 0.0966. The fraction of sp³-hybridized carbons (Fsp3) is 0.143. The van der Waals surface area contributed by atoms with Crippen molar-refractivity contribution in [2.75, 3.05) is 0 Å². The van der Waals surface area contributed by atoms with Crippen molar-refractivity contribution in [2.24, 2.45) is 0 Å². The number of amides is 1. The number of carbonyl (C=O) groups excluding carboxylic acids is 1. The summed E-state index contributed by atoms with van der Waals surface area (Å²) < 4.78 is 0. The first-order valence-electron chi connectivity index (χ1n) is 8.55. The van der Waals surface area contributed by atoms with Crippen LogP contribution < -0.4 is 5.32 Å². The van der Waals surface area contributed by atoms with Crippen molar-refractivity contribution in [2.45, 2.75) is 19.4 Å². The number of aromatic amines is 1. The Morgan fingerprint density at radius 3 is 2.88 bits per heavy atom. The van der Waals surface area contributed by atoms with Gasteiger partial charge in [-0.25, -0.2) is 4.98 Å². The molecule has 0 unspecified atom stereocenters. The van der Waals surface area contributed by atoms with Gasteiger partial charge in [0.25, 0.3) is 5.91 Å². The van der Waals surface area contributed by atoms with Crippen LogP contribution in [0.25, 0.3) is 27.7 Å². The van der Waals surface area contributed by atoms with E-state index in [2.05, 4.69) is 45.6 Å². The molecule has 0 saturated carbocycles. The van der Waals surface area contributed by atoms with Crippen LogP contribution in [0.2, 0.25) is 0 Å². The molecule has 0 bridgehead atoms. The SMILES string of the molecule is O=C1NCc2cc(-c3c[nH]c4ncc(C5=CCCC=C5)cc34)ccc21. The van der Waals surface area contributed by atoms with Gasteiger partial charge in [0, 0.05) is 41.0 Å². The van der Waals surface area contributed by atoms with Gasteiger partial charge in [0.15, 0.2) is 0 Å². The van der Waals surface area contributed by atoms with Gasteiger partial charge in [0.1, 0.15) is 5.65 Å². The largest absolute Gasteiger partial charge is 0.348 e. The number of rotatable bonds is 2. The molecule has 0 radical (unpaired) electrons. The zero-order chi connectivity index (χ0) is 16.8. The molecule has 2 aromatic heterocycles. The molecular weight excluding hydrogens is 310 g/mol. The lowest BCUT2D eigenvalue weighted by atomic mass is 9.97. The van der Waals surface area contributed by atoms with Crippen LogP contribution in [0, 0.1) is 0 Å². The highest BCUT2D eigenvalue weighted by atomic mass is 16.1. The summed E-state index contributed by atoms with van der Waals surface area (Å²) in [4.78, 5) is 19.6. The third kappa shape index (κ3) is 2.30. The normalized spacial score (nSPS) is 16.0. The van der Waals surface area contributed by atoms with E-state index in [1.54, 1.807) is 0 Å². The summed E-state index contributed by atoms with van der Waals surface area (Å²) in [5.41, 5.74) is 7.31. The molecule has 1 amide bonds. The van der Waals surface area contributed by atoms with Crippen LogP contribution >= 0.6 is 0 Å². The zero-order valence-electron chi connectivity index (χ0n) is 13.7. The Hall–Kier alpha value is -3.14. The van der Waals surface area contributed by atoms with Crippen LogP contribution in [0.3, 0.4) is 0 Å². The van der Waals surface area contributed by atoms with E-state index in [-0.39, 0.29) is 5.91 Å². The van der Waals surface area contributed by atoms with Gasteiger partial charge in [0.2, 0.25) is 0 Å². The summed E-state index contributed by atoms with van der Waals surface area (Å²) in [6, 6.07) is 8.23. The van der Waals surface area contributed by atoms with Crippen LogP contribution in [-0.4, -0.2) is 15.9 Å². The van der Waals surface area contributed by atoms with E-state index in [0.717, 1.165) is 51.7 Å². The van der Waals surface area contributed by atoms with Crippen LogP contribution in [0.5, 0.6) is 0 Å². The van der Waals surface area contributed by atoms with Crippen molar-refractivity contribution < 1.29 is 4.79 Å². The molecule has 1 aliphatic heterocycles. The third-order valence-corrected chi connectivity index (χ3v) is 4.96. The fourth-order valence-corrected chi connectivity index (χ4v) is 3.63. The minimum absolute atomic E-state index is 0.0143. The zero-order valence-corrected chi connectivity index (χ0v) is 13.7. The molecule has 122 valence electrons. The number of benzene rings is 1. The van der Waals surface area contributed by atoms with Gasteiger partial charge in [-0.1, -0.05) is 24.3 Å². The van der Waals surface area contributed by atoms with Crippen molar-refractivity contribution >= 4 is 22.5 Å². The quantitative estimate of drug-likeness (QED) is 0.741. The summed E-state index contributed by atoms with van der Waals surface area (Å²) in [5, 5.41) is 3.98. The second-order valence-corrected chi connectivity index (χ2v) is 6.52. The molecular formula is C21H17N3O. The standard InChI is InChI=1S/C21H17N3O/c25-21-17-7-6-14(8-16(17)11-24-21)19-12-23-20-18(19)9-15(10-22-20)13-4-2-1-3-5-13/h2,4-10,12H,1,3,11H2,(H,22,23)(H,24,25). The van der Waals surface area contributed by atoms with Crippen molar-refractivity contribution in [3.8, 4) is 11.1 Å². The molecule has 1 aliphatic carbocycles. The van der Waals surface area contributed by atoms with Gasteiger partial charge in [0.05, 0.1) is 0 Å². The number of fused-ring (bicyclic) bond motifs is 2. The first kappa shape index (κ1) is 14.2. The number of nitrogens with one attached hydrogen (secondary N) is 2. The number of nitrogens with zero attached hydrogens (tertiary/aromatic N) is 1. The maximum Gasteiger partial charge on any atom is 0.251 e. The van der Waals surface area contributed by atoms with Gasteiger partial charge in [-0.3, -0.25) is 4.79 Å². The van der Waals surface area contributed by atoms with E-state index in [4.69, 9.17) is 0 Å². The fourth-order valence-electron chi connectivity index (χ4n) is 3.63.